The predicted octanol–water partition coefficient (Wildman–Crippen LogP) is 4.79. The van der Waals surface area contributed by atoms with Crippen molar-refractivity contribution in [3.05, 3.63) is 89.7 Å². The van der Waals surface area contributed by atoms with Crippen LogP contribution in [-0.4, -0.2) is 10.9 Å². The molecule has 0 unspecified atom stereocenters. The summed E-state index contributed by atoms with van der Waals surface area (Å²) >= 11 is 0. The molecule has 27 heavy (non-hydrogen) atoms. The van der Waals surface area contributed by atoms with E-state index in [0.717, 1.165) is 24.1 Å². The molecule has 0 fully saturated rings. The average Bonchev–Trinajstić information content (AvgIpc) is 2.72. The quantitative estimate of drug-likeness (QED) is 0.628. The van der Waals surface area contributed by atoms with Gasteiger partial charge in [0.25, 0.3) is 0 Å². The molecule has 138 valence electrons. The molecule has 1 aromatic heterocycles. The second-order valence-corrected chi connectivity index (χ2v) is 6.40. The van der Waals surface area contributed by atoms with Crippen LogP contribution in [0.3, 0.4) is 0 Å². The third-order valence-electron chi connectivity index (χ3n) is 4.32. The molecule has 2 aromatic carbocycles. The van der Waals surface area contributed by atoms with E-state index in [2.05, 4.69) is 41.5 Å². The summed E-state index contributed by atoms with van der Waals surface area (Å²) in [4.78, 5) is 16.3. The lowest BCUT2D eigenvalue weighted by atomic mass is 10.1. The lowest BCUT2D eigenvalue weighted by molar-refractivity contribution is -0.116. The highest BCUT2D eigenvalue weighted by Crippen LogP contribution is 2.19. The number of hydrogen-bond donors (Lipinski definition) is 1. The first-order chi connectivity index (χ1) is 13.2. The van der Waals surface area contributed by atoms with Crippen LogP contribution >= 0.6 is 0 Å². The van der Waals surface area contributed by atoms with Gasteiger partial charge in [-0.2, -0.15) is 0 Å². The third-order valence-corrected chi connectivity index (χ3v) is 4.32. The van der Waals surface area contributed by atoms with Gasteiger partial charge < -0.3 is 10.1 Å². The van der Waals surface area contributed by atoms with E-state index >= 15 is 0 Å². The van der Waals surface area contributed by atoms with Gasteiger partial charge in [0.2, 0.25) is 5.91 Å². The van der Waals surface area contributed by atoms with Crippen LogP contribution in [-0.2, 0) is 24.2 Å². The number of nitrogens with zero attached hydrogens (tertiary/aromatic N) is 1. The second kappa shape index (κ2) is 9.53. The van der Waals surface area contributed by atoms with E-state index in [1.165, 1.54) is 11.1 Å². The highest BCUT2D eigenvalue weighted by molar-refractivity contribution is 5.91. The SMILES string of the molecule is CCc1ccc(CCC(=O)Nc2cccc(OCc3cccnc3)c2)cc1. The number of benzene rings is 2. The van der Waals surface area contributed by atoms with E-state index in [1.807, 2.05) is 36.4 Å². The summed E-state index contributed by atoms with van der Waals surface area (Å²) in [5, 5.41) is 2.94. The molecule has 4 nitrogen and oxygen atoms in total. The number of anilines is 1. The summed E-state index contributed by atoms with van der Waals surface area (Å²) in [7, 11) is 0. The molecule has 0 aliphatic carbocycles. The smallest absolute Gasteiger partial charge is 0.224 e. The van der Waals surface area contributed by atoms with Crippen LogP contribution in [0.4, 0.5) is 5.69 Å². The van der Waals surface area contributed by atoms with Crippen LogP contribution in [0, 0.1) is 0 Å². The summed E-state index contributed by atoms with van der Waals surface area (Å²) in [5.41, 5.74) is 4.23. The average molecular weight is 360 g/mol. The zero-order valence-corrected chi connectivity index (χ0v) is 15.5. The molecule has 0 radical (unpaired) electrons. The Morgan fingerprint density at radius 1 is 1.00 bits per heavy atom. The van der Waals surface area contributed by atoms with Crippen molar-refractivity contribution in [2.75, 3.05) is 5.32 Å². The number of aryl methyl sites for hydroxylation is 2. The van der Waals surface area contributed by atoms with Crippen LogP contribution in [0.15, 0.2) is 73.1 Å². The Balaban J connectivity index is 1.50. The zero-order chi connectivity index (χ0) is 18.9. The van der Waals surface area contributed by atoms with Gasteiger partial charge in [-0.25, -0.2) is 0 Å². The minimum Gasteiger partial charge on any atom is -0.489 e. The fourth-order valence-corrected chi connectivity index (χ4v) is 2.74. The van der Waals surface area contributed by atoms with Gasteiger partial charge in [-0.1, -0.05) is 43.3 Å². The Kier molecular flexibility index (Phi) is 6.58. The van der Waals surface area contributed by atoms with Gasteiger partial charge in [-0.05, 0) is 42.2 Å². The molecule has 0 aliphatic heterocycles. The van der Waals surface area contributed by atoms with Gasteiger partial charge in [0.15, 0.2) is 0 Å². The number of aromatic nitrogens is 1. The number of pyridine rings is 1. The maximum atomic E-state index is 12.2. The standard InChI is InChI=1S/C23H24N2O2/c1-2-18-8-10-19(11-9-18)12-13-23(26)25-21-6-3-7-22(15-21)27-17-20-5-4-14-24-16-20/h3-11,14-16H,2,12-13,17H2,1H3,(H,25,26). The largest absolute Gasteiger partial charge is 0.489 e. The molecule has 1 N–H and O–H groups in total. The number of hydrogen-bond acceptors (Lipinski definition) is 3. The minimum atomic E-state index is -0.000947. The van der Waals surface area contributed by atoms with Crippen molar-refractivity contribution in [3.63, 3.8) is 0 Å². The van der Waals surface area contributed by atoms with Gasteiger partial charge in [-0.3, -0.25) is 9.78 Å². The number of amides is 1. The van der Waals surface area contributed by atoms with Crippen molar-refractivity contribution in [3.8, 4) is 5.75 Å². The van der Waals surface area contributed by atoms with Crippen molar-refractivity contribution in [1.29, 1.82) is 0 Å². The fraction of sp³-hybridized carbons (Fsp3) is 0.217. The zero-order valence-electron chi connectivity index (χ0n) is 15.5. The number of ether oxygens (including phenoxy) is 1. The summed E-state index contributed by atoms with van der Waals surface area (Å²) in [5.74, 6) is 0.714. The van der Waals surface area contributed by atoms with E-state index in [4.69, 9.17) is 4.74 Å². The molecule has 0 atom stereocenters. The van der Waals surface area contributed by atoms with Crippen molar-refractivity contribution < 1.29 is 9.53 Å². The van der Waals surface area contributed by atoms with Gasteiger partial charge in [-0.15, -0.1) is 0 Å². The molecule has 0 spiro atoms. The van der Waals surface area contributed by atoms with E-state index in [-0.39, 0.29) is 5.91 Å². The Morgan fingerprint density at radius 2 is 1.81 bits per heavy atom. The lowest BCUT2D eigenvalue weighted by Crippen LogP contribution is -2.12. The summed E-state index contributed by atoms with van der Waals surface area (Å²) in [6, 6.07) is 19.7. The third kappa shape index (κ3) is 5.96. The molecule has 3 rings (SSSR count). The molecular formula is C23H24N2O2. The Bertz CT molecular complexity index is 861. The van der Waals surface area contributed by atoms with Crippen LogP contribution in [0.2, 0.25) is 0 Å². The van der Waals surface area contributed by atoms with Gasteiger partial charge in [0, 0.05) is 36.1 Å². The summed E-state index contributed by atoms with van der Waals surface area (Å²) < 4.78 is 5.77. The van der Waals surface area contributed by atoms with Gasteiger partial charge >= 0.3 is 0 Å². The first-order valence-electron chi connectivity index (χ1n) is 9.22. The maximum Gasteiger partial charge on any atom is 0.224 e. The normalized spacial score (nSPS) is 10.4. The topological polar surface area (TPSA) is 51.2 Å². The van der Waals surface area contributed by atoms with E-state index in [0.29, 0.717) is 18.8 Å². The minimum absolute atomic E-state index is 0.000947. The molecule has 4 heteroatoms. The second-order valence-electron chi connectivity index (χ2n) is 6.40. The molecule has 0 bridgehead atoms. The Morgan fingerprint density at radius 3 is 2.56 bits per heavy atom. The van der Waals surface area contributed by atoms with E-state index in [9.17, 15) is 4.79 Å². The first-order valence-corrected chi connectivity index (χ1v) is 9.22. The molecular weight excluding hydrogens is 336 g/mol. The summed E-state index contributed by atoms with van der Waals surface area (Å²) in [6.45, 7) is 2.58. The predicted molar refractivity (Wildman–Crippen MR) is 108 cm³/mol. The number of rotatable bonds is 8. The van der Waals surface area contributed by atoms with Crippen molar-refractivity contribution in [2.45, 2.75) is 32.8 Å². The van der Waals surface area contributed by atoms with Crippen LogP contribution in [0.5, 0.6) is 5.75 Å². The highest BCUT2D eigenvalue weighted by Gasteiger charge is 2.05. The first kappa shape index (κ1) is 18.6. The molecule has 0 saturated heterocycles. The lowest BCUT2D eigenvalue weighted by Gasteiger charge is -2.09. The fourth-order valence-electron chi connectivity index (χ4n) is 2.74. The molecule has 0 aliphatic rings. The Labute approximate surface area is 160 Å². The Hall–Kier alpha value is -3.14. The van der Waals surface area contributed by atoms with E-state index in [1.54, 1.807) is 12.4 Å². The van der Waals surface area contributed by atoms with Crippen molar-refractivity contribution >= 4 is 11.6 Å². The number of carbonyl (C=O) groups is 1. The molecule has 1 amide bonds. The monoisotopic (exact) mass is 360 g/mol. The molecule has 1 heterocycles. The van der Waals surface area contributed by atoms with E-state index < -0.39 is 0 Å². The number of nitrogens with one attached hydrogen (secondary N) is 1. The van der Waals surface area contributed by atoms with Gasteiger partial charge in [0.1, 0.15) is 12.4 Å². The van der Waals surface area contributed by atoms with Crippen molar-refractivity contribution in [1.82, 2.24) is 4.98 Å². The molecule has 3 aromatic rings. The van der Waals surface area contributed by atoms with Crippen LogP contribution < -0.4 is 10.1 Å². The van der Waals surface area contributed by atoms with Crippen LogP contribution in [0.25, 0.3) is 0 Å². The van der Waals surface area contributed by atoms with Gasteiger partial charge in [0.05, 0.1) is 0 Å². The summed E-state index contributed by atoms with van der Waals surface area (Å²) in [6.07, 6.45) is 5.72. The van der Waals surface area contributed by atoms with Crippen molar-refractivity contribution in [2.24, 2.45) is 0 Å². The van der Waals surface area contributed by atoms with Crippen LogP contribution in [0.1, 0.15) is 30.0 Å². The maximum absolute atomic E-state index is 12.2. The molecule has 0 saturated carbocycles. The number of carbonyl (C=O) groups excluding carboxylic acids is 1. The highest BCUT2D eigenvalue weighted by atomic mass is 16.5.